The van der Waals surface area contributed by atoms with Crippen LogP contribution in [-0.2, 0) is 21.8 Å². The lowest BCUT2D eigenvalue weighted by molar-refractivity contribution is 0.0680. The van der Waals surface area contributed by atoms with Crippen molar-refractivity contribution < 1.29 is 17.9 Å². The standard InChI is InChI=1S/C25H33NO4S/c1-5-14-30-23-8-6-7-20(16-23)24(27)26(22-13-15-31(28,29)18-22)17-19-9-11-21(12-10-19)25(2,3)4/h6-12,16,22H,5,13-15,17-18H2,1-4H3/t22-/m1/s1. The molecule has 0 radical (unpaired) electrons. The zero-order valence-corrected chi connectivity index (χ0v) is 19.7. The fourth-order valence-corrected chi connectivity index (χ4v) is 5.53. The zero-order chi connectivity index (χ0) is 22.6. The molecule has 1 saturated heterocycles. The van der Waals surface area contributed by atoms with Crippen molar-refractivity contribution in [3.8, 4) is 5.75 Å². The van der Waals surface area contributed by atoms with E-state index in [1.807, 2.05) is 25.1 Å². The first kappa shape index (κ1) is 23.3. The van der Waals surface area contributed by atoms with Crippen molar-refractivity contribution in [2.45, 2.75) is 58.5 Å². The van der Waals surface area contributed by atoms with Crippen LogP contribution in [0.1, 0.15) is 62.0 Å². The molecule has 168 valence electrons. The fraction of sp³-hybridized carbons (Fsp3) is 0.480. The summed E-state index contributed by atoms with van der Waals surface area (Å²) in [5.74, 6) is 0.639. The summed E-state index contributed by atoms with van der Waals surface area (Å²) in [6.45, 7) is 9.48. The molecule has 1 aliphatic rings. The lowest BCUT2D eigenvalue weighted by Crippen LogP contribution is -2.40. The van der Waals surface area contributed by atoms with Crippen LogP contribution in [0.4, 0.5) is 0 Å². The Morgan fingerprint density at radius 3 is 2.42 bits per heavy atom. The smallest absolute Gasteiger partial charge is 0.254 e. The van der Waals surface area contributed by atoms with Gasteiger partial charge in [-0.1, -0.05) is 58.0 Å². The van der Waals surface area contributed by atoms with Gasteiger partial charge in [0.15, 0.2) is 9.84 Å². The molecule has 0 N–H and O–H groups in total. The van der Waals surface area contributed by atoms with Crippen LogP contribution >= 0.6 is 0 Å². The molecule has 6 heteroatoms. The number of nitrogens with zero attached hydrogens (tertiary/aromatic N) is 1. The summed E-state index contributed by atoms with van der Waals surface area (Å²) in [5, 5.41) is 0. The number of carbonyl (C=O) groups excluding carboxylic acids is 1. The second kappa shape index (κ2) is 9.43. The summed E-state index contributed by atoms with van der Waals surface area (Å²) in [7, 11) is -3.11. The predicted octanol–water partition coefficient (Wildman–Crippen LogP) is 4.60. The molecule has 1 fully saturated rings. The highest BCUT2D eigenvalue weighted by molar-refractivity contribution is 7.91. The topological polar surface area (TPSA) is 63.7 Å². The first-order valence-electron chi connectivity index (χ1n) is 10.9. The third kappa shape index (κ3) is 6.10. The van der Waals surface area contributed by atoms with E-state index in [1.165, 1.54) is 5.56 Å². The summed E-state index contributed by atoms with van der Waals surface area (Å²) in [5.41, 5.74) is 2.78. The maximum absolute atomic E-state index is 13.5. The van der Waals surface area contributed by atoms with Gasteiger partial charge >= 0.3 is 0 Å². The summed E-state index contributed by atoms with van der Waals surface area (Å²) in [6.07, 6.45) is 1.36. The Morgan fingerprint density at radius 1 is 1.13 bits per heavy atom. The van der Waals surface area contributed by atoms with Gasteiger partial charge in [-0.25, -0.2) is 8.42 Å². The van der Waals surface area contributed by atoms with Gasteiger partial charge in [0.25, 0.3) is 5.91 Å². The van der Waals surface area contributed by atoms with E-state index in [1.54, 1.807) is 23.1 Å². The van der Waals surface area contributed by atoms with Gasteiger partial charge in [-0.3, -0.25) is 4.79 Å². The largest absolute Gasteiger partial charge is 0.494 e. The van der Waals surface area contributed by atoms with E-state index in [0.717, 1.165) is 12.0 Å². The first-order valence-corrected chi connectivity index (χ1v) is 12.7. The van der Waals surface area contributed by atoms with Crippen molar-refractivity contribution in [2.24, 2.45) is 0 Å². The van der Waals surface area contributed by atoms with Crippen molar-refractivity contribution in [2.75, 3.05) is 18.1 Å². The van der Waals surface area contributed by atoms with Crippen LogP contribution in [0.25, 0.3) is 0 Å². The van der Waals surface area contributed by atoms with Gasteiger partial charge in [0.05, 0.1) is 18.1 Å². The number of amides is 1. The molecule has 0 aliphatic carbocycles. The van der Waals surface area contributed by atoms with E-state index in [2.05, 4.69) is 32.9 Å². The Bertz CT molecular complexity index is 1010. The molecular weight excluding hydrogens is 410 g/mol. The van der Waals surface area contributed by atoms with Crippen LogP contribution in [0.15, 0.2) is 48.5 Å². The number of hydrogen-bond acceptors (Lipinski definition) is 4. The third-order valence-electron chi connectivity index (χ3n) is 5.64. The molecule has 1 aliphatic heterocycles. The average molecular weight is 444 g/mol. The SMILES string of the molecule is CCCOc1cccc(C(=O)N(Cc2ccc(C(C)(C)C)cc2)[C@@H]2CCS(=O)(=O)C2)c1. The number of rotatable bonds is 7. The normalized spacial score (nSPS) is 18.0. The number of sulfone groups is 1. The van der Waals surface area contributed by atoms with Crippen LogP contribution in [0.3, 0.4) is 0 Å². The molecule has 1 atom stereocenters. The van der Waals surface area contributed by atoms with Crippen LogP contribution in [0.2, 0.25) is 0 Å². The van der Waals surface area contributed by atoms with Crippen molar-refractivity contribution in [1.29, 1.82) is 0 Å². The van der Waals surface area contributed by atoms with Crippen LogP contribution in [0, 0.1) is 0 Å². The molecule has 0 saturated carbocycles. The van der Waals surface area contributed by atoms with Crippen LogP contribution < -0.4 is 4.74 Å². The highest BCUT2D eigenvalue weighted by atomic mass is 32.2. The molecule has 0 unspecified atom stereocenters. The van der Waals surface area contributed by atoms with E-state index in [4.69, 9.17) is 4.74 Å². The molecule has 2 aromatic carbocycles. The van der Waals surface area contributed by atoms with Gasteiger partial charge in [0, 0.05) is 18.2 Å². The number of hydrogen-bond donors (Lipinski definition) is 0. The number of ether oxygens (including phenoxy) is 1. The second-order valence-electron chi connectivity index (χ2n) is 9.31. The molecule has 5 nitrogen and oxygen atoms in total. The molecule has 0 spiro atoms. The van der Waals surface area contributed by atoms with Crippen molar-refractivity contribution in [3.05, 3.63) is 65.2 Å². The van der Waals surface area contributed by atoms with Crippen molar-refractivity contribution >= 4 is 15.7 Å². The van der Waals surface area contributed by atoms with Crippen LogP contribution in [0.5, 0.6) is 5.75 Å². The Hall–Kier alpha value is -2.34. The van der Waals surface area contributed by atoms with Gasteiger partial charge in [-0.2, -0.15) is 0 Å². The van der Waals surface area contributed by atoms with Crippen molar-refractivity contribution in [1.82, 2.24) is 4.90 Å². The van der Waals surface area contributed by atoms with Gasteiger partial charge in [-0.15, -0.1) is 0 Å². The molecule has 0 bridgehead atoms. The highest BCUT2D eigenvalue weighted by Crippen LogP contribution is 2.26. The van der Waals surface area contributed by atoms with Gasteiger partial charge in [-0.05, 0) is 47.6 Å². The summed E-state index contributed by atoms with van der Waals surface area (Å²) in [6, 6.07) is 15.1. The van der Waals surface area contributed by atoms with Crippen LogP contribution in [-0.4, -0.2) is 43.4 Å². The molecule has 1 amide bonds. The van der Waals surface area contributed by atoms with Gasteiger partial charge in [0.1, 0.15) is 5.75 Å². The average Bonchev–Trinajstić information content (AvgIpc) is 3.09. The van der Waals surface area contributed by atoms with E-state index in [-0.39, 0.29) is 28.9 Å². The Kier molecular flexibility index (Phi) is 7.10. The summed E-state index contributed by atoms with van der Waals surface area (Å²) < 4.78 is 29.9. The highest BCUT2D eigenvalue weighted by Gasteiger charge is 2.35. The van der Waals surface area contributed by atoms with Gasteiger partial charge in [0.2, 0.25) is 0 Å². The summed E-state index contributed by atoms with van der Waals surface area (Å²) in [4.78, 5) is 15.2. The quantitative estimate of drug-likeness (QED) is 0.627. The predicted molar refractivity (Wildman–Crippen MR) is 124 cm³/mol. The molecule has 0 aromatic heterocycles. The second-order valence-corrected chi connectivity index (χ2v) is 11.5. The number of benzene rings is 2. The Balaban J connectivity index is 1.87. The molecule has 2 aromatic rings. The summed E-state index contributed by atoms with van der Waals surface area (Å²) >= 11 is 0. The monoisotopic (exact) mass is 443 g/mol. The minimum absolute atomic E-state index is 0.0187. The lowest BCUT2D eigenvalue weighted by Gasteiger charge is -2.29. The minimum atomic E-state index is -3.11. The minimum Gasteiger partial charge on any atom is -0.494 e. The van der Waals surface area contributed by atoms with Crippen molar-refractivity contribution in [3.63, 3.8) is 0 Å². The molecule has 1 heterocycles. The van der Waals surface area contributed by atoms with E-state index in [0.29, 0.717) is 30.9 Å². The van der Waals surface area contributed by atoms with Gasteiger partial charge < -0.3 is 9.64 Å². The molecule has 31 heavy (non-hydrogen) atoms. The molecular formula is C25H33NO4S. The Labute approximate surface area is 186 Å². The molecule has 3 rings (SSSR count). The maximum atomic E-state index is 13.5. The fourth-order valence-electron chi connectivity index (χ4n) is 3.80. The maximum Gasteiger partial charge on any atom is 0.254 e. The van der Waals surface area contributed by atoms with E-state index >= 15 is 0 Å². The number of carbonyl (C=O) groups is 1. The third-order valence-corrected chi connectivity index (χ3v) is 7.39. The Morgan fingerprint density at radius 2 is 1.84 bits per heavy atom. The van der Waals surface area contributed by atoms with E-state index in [9.17, 15) is 13.2 Å². The first-order chi connectivity index (χ1) is 14.6. The lowest BCUT2D eigenvalue weighted by atomic mass is 9.86. The zero-order valence-electron chi connectivity index (χ0n) is 18.9. The van der Waals surface area contributed by atoms with E-state index < -0.39 is 9.84 Å².